The molecule has 2 aliphatic rings. The van der Waals surface area contributed by atoms with Gasteiger partial charge in [0, 0.05) is 24.7 Å². The summed E-state index contributed by atoms with van der Waals surface area (Å²) in [5.74, 6) is -0.288. The van der Waals surface area contributed by atoms with E-state index in [0.717, 1.165) is 30.4 Å². The summed E-state index contributed by atoms with van der Waals surface area (Å²) in [6.45, 7) is 0. The number of hydrogen-bond acceptors (Lipinski definition) is 3. The molecule has 2 amide bonds. The van der Waals surface area contributed by atoms with E-state index in [9.17, 15) is 14.0 Å². The van der Waals surface area contributed by atoms with Crippen molar-refractivity contribution in [2.75, 3.05) is 14.1 Å². The lowest BCUT2D eigenvalue weighted by Crippen LogP contribution is -2.47. The maximum atomic E-state index is 13.3. The van der Waals surface area contributed by atoms with E-state index in [0.29, 0.717) is 29.2 Å². The summed E-state index contributed by atoms with van der Waals surface area (Å²) in [5, 5.41) is 3.47. The number of amides is 2. The first-order valence-electron chi connectivity index (χ1n) is 10.3. The van der Waals surface area contributed by atoms with Gasteiger partial charge in [0.2, 0.25) is 0 Å². The van der Waals surface area contributed by atoms with Crippen LogP contribution in [-0.4, -0.2) is 36.5 Å². The lowest BCUT2D eigenvalue weighted by atomic mass is 9.80. The summed E-state index contributed by atoms with van der Waals surface area (Å²) in [5.41, 5.74) is 1.64. The van der Waals surface area contributed by atoms with Gasteiger partial charge in [-0.25, -0.2) is 9.18 Å². The molecule has 5 nitrogen and oxygen atoms in total. The van der Waals surface area contributed by atoms with Crippen LogP contribution in [-0.2, 0) is 9.53 Å². The zero-order chi connectivity index (χ0) is 22.2. The Hall–Kier alpha value is -2.86. The maximum absolute atomic E-state index is 13.3. The largest absolute Gasteiger partial charge is 0.414 e. The molecule has 7 heteroatoms. The first kappa shape index (κ1) is 21.4. The second kappa shape index (κ2) is 8.35. The molecule has 2 aromatic rings. The number of halogens is 2. The van der Waals surface area contributed by atoms with E-state index < -0.39 is 11.6 Å². The van der Waals surface area contributed by atoms with Crippen LogP contribution in [0, 0.1) is 5.82 Å². The van der Waals surface area contributed by atoms with Crippen molar-refractivity contribution in [2.45, 2.75) is 37.6 Å². The highest BCUT2D eigenvalue weighted by Crippen LogP contribution is 2.45. The summed E-state index contributed by atoms with van der Waals surface area (Å²) in [7, 11) is 3.20. The third kappa shape index (κ3) is 4.04. The number of nitrogens with one attached hydrogen (secondary N) is 1. The van der Waals surface area contributed by atoms with Crippen molar-refractivity contribution in [1.29, 1.82) is 0 Å². The summed E-state index contributed by atoms with van der Waals surface area (Å²) in [6, 6.07) is 11.4. The minimum atomic E-state index is -0.703. The van der Waals surface area contributed by atoms with Crippen LogP contribution < -0.4 is 5.32 Å². The normalized spacial score (nSPS) is 17.6. The number of hydrogen-bond donors (Lipinski definition) is 1. The van der Waals surface area contributed by atoms with Crippen LogP contribution in [0.3, 0.4) is 0 Å². The third-order valence-corrected chi connectivity index (χ3v) is 6.25. The Kier molecular flexibility index (Phi) is 5.75. The van der Waals surface area contributed by atoms with Gasteiger partial charge in [0.05, 0.1) is 11.1 Å². The fourth-order valence-corrected chi connectivity index (χ4v) is 4.51. The summed E-state index contributed by atoms with van der Waals surface area (Å²) in [4.78, 5) is 27.0. The molecular weight excluding hydrogens is 419 g/mol. The molecule has 0 saturated heterocycles. The summed E-state index contributed by atoms with van der Waals surface area (Å²) in [6.07, 6.45) is 3.80. The quantitative estimate of drug-likeness (QED) is 0.693. The molecule has 1 aliphatic carbocycles. The summed E-state index contributed by atoms with van der Waals surface area (Å²) >= 11 is 6.52. The van der Waals surface area contributed by atoms with Gasteiger partial charge in [0.1, 0.15) is 11.6 Å². The van der Waals surface area contributed by atoms with Crippen molar-refractivity contribution in [2.24, 2.45) is 0 Å². The average Bonchev–Trinajstić information content (AvgIpc) is 3.00. The zero-order valence-corrected chi connectivity index (χ0v) is 18.3. The van der Waals surface area contributed by atoms with Gasteiger partial charge in [-0.1, -0.05) is 49.1 Å². The SMILES string of the molecule is CN(C)C(=O)OC1=C(c2cc(-c3ccc(F)cc3)ccc2Cl)C(=O)NC12CCCCC2. The number of benzene rings is 2. The van der Waals surface area contributed by atoms with Gasteiger partial charge in [-0.2, -0.15) is 0 Å². The van der Waals surface area contributed by atoms with Crippen LogP contribution in [0.1, 0.15) is 37.7 Å². The predicted octanol–water partition coefficient (Wildman–Crippen LogP) is 5.39. The van der Waals surface area contributed by atoms with Crippen LogP contribution in [0.5, 0.6) is 0 Å². The highest BCUT2D eigenvalue weighted by atomic mass is 35.5. The van der Waals surface area contributed by atoms with Crippen LogP contribution >= 0.6 is 11.6 Å². The molecule has 31 heavy (non-hydrogen) atoms. The number of carbonyl (C=O) groups excluding carboxylic acids is 2. The van der Waals surface area contributed by atoms with Crippen molar-refractivity contribution in [3.05, 3.63) is 64.6 Å². The standard InChI is InChI=1S/C24H24ClFN2O3/c1-28(2)23(30)31-21-20(22(29)27-24(21)12-4-3-5-13-24)18-14-16(8-11-19(18)25)15-6-9-17(26)10-7-15/h6-11,14H,3-5,12-13H2,1-2H3,(H,27,29). The highest BCUT2D eigenvalue weighted by molar-refractivity contribution is 6.36. The molecule has 0 aromatic heterocycles. The molecule has 1 heterocycles. The number of ether oxygens (including phenoxy) is 1. The maximum Gasteiger partial charge on any atom is 0.414 e. The molecule has 0 unspecified atom stereocenters. The van der Waals surface area contributed by atoms with E-state index in [2.05, 4.69) is 5.32 Å². The number of nitrogens with zero attached hydrogens (tertiary/aromatic N) is 1. The van der Waals surface area contributed by atoms with Crippen molar-refractivity contribution >= 4 is 29.2 Å². The lowest BCUT2D eigenvalue weighted by molar-refractivity contribution is -0.116. The molecular formula is C24H24ClFN2O3. The Bertz CT molecular complexity index is 1060. The molecule has 1 aliphatic heterocycles. The molecule has 1 saturated carbocycles. The van der Waals surface area contributed by atoms with E-state index in [1.807, 2.05) is 6.07 Å². The Balaban J connectivity index is 1.86. The Labute approximate surface area is 185 Å². The predicted molar refractivity (Wildman–Crippen MR) is 118 cm³/mol. The Morgan fingerprint density at radius 1 is 1.06 bits per heavy atom. The van der Waals surface area contributed by atoms with Crippen molar-refractivity contribution in [1.82, 2.24) is 10.2 Å². The molecule has 0 radical (unpaired) electrons. The van der Waals surface area contributed by atoms with Gasteiger partial charge in [-0.3, -0.25) is 4.79 Å². The lowest BCUT2D eigenvalue weighted by Gasteiger charge is -2.35. The van der Waals surface area contributed by atoms with Gasteiger partial charge in [-0.05, 0) is 48.2 Å². The van der Waals surface area contributed by atoms with Gasteiger partial charge in [0.15, 0.2) is 0 Å². The number of carbonyl (C=O) groups is 2. The fraction of sp³-hybridized carbons (Fsp3) is 0.333. The Morgan fingerprint density at radius 3 is 2.35 bits per heavy atom. The van der Waals surface area contributed by atoms with Crippen molar-refractivity contribution in [3.63, 3.8) is 0 Å². The molecule has 1 spiro atoms. The first-order chi connectivity index (χ1) is 14.8. The van der Waals surface area contributed by atoms with E-state index in [4.69, 9.17) is 16.3 Å². The second-order valence-electron chi connectivity index (χ2n) is 8.26. The number of rotatable bonds is 3. The monoisotopic (exact) mass is 442 g/mol. The first-order valence-corrected chi connectivity index (χ1v) is 10.7. The zero-order valence-electron chi connectivity index (χ0n) is 17.5. The van der Waals surface area contributed by atoms with E-state index >= 15 is 0 Å². The molecule has 1 N–H and O–H groups in total. The van der Waals surface area contributed by atoms with E-state index in [-0.39, 0.29) is 17.3 Å². The fourth-order valence-electron chi connectivity index (χ4n) is 4.30. The van der Waals surface area contributed by atoms with Crippen molar-refractivity contribution in [3.8, 4) is 11.1 Å². The van der Waals surface area contributed by atoms with Crippen LogP contribution in [0.2, 0.25) is 5.02 Å². The van der Waals surface area contributed by atoms with Crippen LogP contribution in [0.15, 0.2) is 48.2 Å². The molecule has 0 atom stereocenters. The van der Waals surface area contributed by atoms with Gasteiger partial charge >= 0.3 is 6.09 Å². The molecule has 2 aromatic carbocycles. The molecule has 0 bridgehead atoms. The minimum absolute atomic E-state index is 0.283. The molecule has 4 rings (SSSR count). The van der Waals surface area contributed by atoms with Gasteiger partial charge in [-0.15, -0.1) is 0 Å². The Morgan fingerprint density at radius 2 is 1.71 bits per heavy atom. The van der Waals surface area contributed by atoms with Crippen LogP contribution in [0.4, 0.5) is 9.18 Å². The highest BCUT2D eigenvalue weighted by Gasteiger charge is 2.49. The minimum Gasteiger partial charge on any atom is -0.411 e. The molecule has 1 fully saturated rings. The molecule has 162 valence electrons. The van der Waals surface area contributed by atoms with Crippen molar-refractivity contribution < 1.29 is 18.7 Å². The van der Waals surface area contributed by atoms with Gasteiger partial charge < -0.3 is 15.0 Å². The topological polar surface area (TPSA) is 58.6 Å². The van der Waals surface area contributed by atoms with Crippen LogP contribution in [0.25, 0.3) is 16.7 Å². The third-order valence-electron chi connectivity index (χ3n) is 5.92. The van der Waals surface area contributed by atoms with E-state index in [1.54, 1.807) is 38.4 Å². The smallest absolute Gasteiger partial charge is 0.411 e. The second-order valence-corrected chi connectivity index (χ2v) is 8.67. The van der Waals surface area contributed by atoms with Gasteiger partial charge in [0.25, 0.3) is 5.91 Å². The average molecular weight is 443 g/mol. The van der Waals surface area contributed by atoms with E-state index in [1.165, 1.54) is 17.0 Å². The summed E-state index contributed by atoms with van der Waals surface area (Å²) < 4.78 is 19.1.